The maximum absolute atomic E-state index is 13.8. The number of hydrogen-bond acceptors (Lipinski definition) is 4. The Morgan fingerprint density at radius 2 is 1.72 bits per heavy atom. The van der Waals surface area contributed by atoms with Crippen LogP contribution in [-0.4, -0.2) is 22.5 Å². The molecule has 1 heterocycles. The van der Waals surface area contributed by atoms with Crippen LogP contribution in [0.3, 0.4) is 0 Å². The quantitative estimate of drug-likeness (QED) is 0.687. The first-order valence-electron chi connectivity index (χ1n) is 7.37. The van der Waals surface area contributed by atoms with Crippen molar-refractivity contribution in [1.29, 1.82) is 5.41 Å². The smallest absolute Gasteiger partial charge is 0.425 e. The summed E-state index contributed by atoms with van der Waals surface area (Å²) in [5, 5.41) is 17.8. The van der Waals surface area contributed by atoms with Gasteiger partial charge in [0.15, 0.2) is 5.76 Å². The van der Waals surface area contributed by atoms with Gasteiger partial charge in [-0.1, -0.05) is 42.5 Å². The lowest BCUT2D eigenvalue weighted by atomic mass is 9.90. The maximum Gasteiger partial charge on any atom is 0.425 e. The summed E-state index contributed by atoms with van der Waals surface area (Å²) in [5.74, 6) is 0.279. The Morgan fingerprint density at radius 3 is 2.40 bits per heavy atom. The van der Waals surface area contributed by atoms with Gasteiger partial charge in [-0.25, -0.2) is 4.98 Å². The number of hydrogen-bond donors (Lipinski definition) is 2. The van der Waals surface area contributed by atoms with E-state index >= 15 is 0 Å². The number of alkyl halides is 3. The van der Waals surface area contributed by atoms with Gasteiger partial charge in [0.05, 0.1) is 12.4 Å². The number of fused-ring (bicyclic) bond motifs is 3. The lowest BCUT2D eigenvalue weighted by Crippen LogP contribution is -2.41. The Morgan fingerprint density at radius 1 is 1.04 bits per heavy atom. The molecule has 0 saturated heterocycles. The lowest BCUT2D eigenvalue weighted by molar-refractivity contribution is -0.246. The molecule has 0 fully saturated rings. The van der Waals surface area contributed by atoms with E-state index < -0.39 is 11.8 Å². The first kappa shape index (κ1) is 15.6. The van der Waals surface area contributed by atoms with Gasteiger partial charge in [-0.15, -0.1) is 0 Å². The summed E-state index contributed by atoms with van der Waals surface area (Å²) in [6.07, 6.45) is -2.62. The van der Waals surface area contributed by atoms with Crippen LogP contribution in [0, 0.1) is 5.41 Å². The standard InChI is InChI=1S/C18H11F3N2O2/c19-18(20,21)17(24)12-6-2-1-4-10(12)16-11(5-3-7-13(16)17)14-9-23-15(8-22)25-14/h1-9,22,24H. The predicted molar refractivity (Wildman–Crippen MR) is 84.3 cm³/mol. The van der Waals surface area contributed by atoms with Crippen molar-refractivity contribution in [3.63, 3.8) is 0 Å². The van der Waals surface area contributed by atoms with Crippen LogP contribution in [0.5, 0.6) is 0 Å². The Hall–Kier alpha value is -2.93. The maximum atomic E-state index is 13.8. The highest BCUT2D eigenvalue weighted by atomic mass is 19.4. The molecule has 1 atom stereocenters. The van der Waals surface area contributed by atoms with E-state index in [0.717, 1.165) is 6.21 Å². The van der Waals surface area contributed by atoms with Crippen molar-refractivity contribution < 1.29 is 22.7 Å². The van der Waals surface area contributed by atoms with Gasteiger partial charge in [0, 0.05) is 16.7 Å². The van der Waals surface area contributed by atoms with Crippen LogP contribution in [-0.2, 0) is 5.60 Å². The summed E-state index contributed by atoms with van der Waals surface area (Å²) in [6, 6.07) is 10.2. The highest BCUT2D eigenvalue weighted by molar-refractivity contribution is 5.91. The molecule has 1 unspecified atom stereocenters. The van der Waals surface area contributed by atoms with Crippen LogP contribution >= 0.6 is 0 Å². The molecule has 2 N–H and O–H groups in total. The van der Waals surface area contributed by atoms with Gasteiger partial charge in [0.25, 0.3) is 0 Å². The monoisotopic (exact) mass is 344 g/mol. The van der Waals surface area contributed by atoms with Crippen molar-refractivity contribution in [1.82, 2.24) is 4.98 Å². The molecule has 1 aromatic heterocycles. The Balaban J connectivity index is 2.07. The Kier molecular flexibility index (Phi) is 3.14. The molecule has 25 heavy (non-hydrogen) atoms. The van der Waals surface area contributed by atoms with Crippen molar-refractivity contribution in [3.8, 4) is 22.5 Å². The van der Waals surface area contributed by atoms with Gasteiger partial charge in [-0.3, -0.25) is 0 Å². The summed E-state index contributed by atoms with van der Waals surface area (Å²) in [5.41, 5.74) is -2.61. The first-order valence-corrected chi connectivity index (χ1v) is 7.37. The third kappa shape index (κ3) is 1.99. The van der Waals surface area contributed by atoms with Crippen molar-refractivity contribution in [2.24, 2.45) is 0 Å². The molecule has 4 rings (SSSR count). The third-order valence-electron chi connectivity index (χ3n) is 4.36. The molecule has 0 amide bonds. The summed E-state index contributed by atoms with van der Waals surface area (Å²) in [7, 11) is 0. The number of benzene rings is 2. The number of rotatable bonds is 2. The molecule has 0 radical (unpaired) electrons. The fourth-order valence-electron chi connectivity index (χ4n) is 3.30. The minimum absolute atomic E-state index is 0.0463. The predicted octanol–water partition coefficient (Wildman–Crippen LogP) is 4.12. The minimum atomic E-state index is -4.88. The summed E-state index contributed by atoms with van der Waals surface area (Å²) in [6.45, 7) is 0. The van der Waals surface area contributed by atoms with E-state index in [9.17, 15) is 18.3 Å². The molecule has 7 heteroatoms. The van der Waals surface area contributed by atoms with Gasteiger partial charge in [-0.2, -0.15) is 13.2 Å². The fraction of sp³-hybridized carbons (Fsp3) is 0.111. The van der Waals surface area contributed by atoms with Crippen LogP contribution in [0.2, 0.25) is 0 Å². The Labute approximate surface area is 140 Å². The number of aromatic nitrogens is 1. The van der Waals surface area contributed by atoms with E-state index in [1.807, 2.05) is 0 Å². The summed E-state index contributed by atoms with van der Waals surface area (Å²) in [4.78, 5) is 3.88. The number of nitrogens with zero attached hydrogens (tertiary/aromatic N) is 1. The molecule has 3 aromatic rings. The van der Waals surface area contributed by atoms with Crippen LogP contribution in [0.1, 0.15) is 17.0 Å². The fourth-order valence-corrected chi connectivity index (χ4v) is 3.30. The zero-order valence-corrected chi connectivity index (χ0v) is 12.6. The van der Waals surface area contributed by atoms with Crippen molar-refractivity contribution in [3.05, 3.63) is 65.7 Å². The largest absolute Gasteiger partial charge is 0.435 e. The molecule has 126 valence electrons. The van der Waals surface area contributed by atoms with E-state index in [-0.39, 0.29) is 28.3 Å². The van der Waals surface area contributed by atoms with E-state index in [2.05, 4.69) is 4.98 Å². The second-order valence-corrected chi connectivity index (χ2v) is 5.69. The van der Waals surface area contributed by atoms with Crippen LogP contribution < -0.4 is 0 Å². The Bertz CT molecular complexity index is 994. The minimum Gasteiger partial charge on any atom is -0.435 e. The van der Waals surface area contributed by atoms with E-state index in [4.69, 9.17) is 9.83 Å². The molecular formula is C18H11F3N2O2. The average molecular weight is 344 g/mol. The second-order valence-electron chi connectivity index (χ2n) is 5.69. The van der Waals surface area contributed by atoms with Crippen molar-refractivity contribution in [2.75, 3.05) is 0 Å². The number of nitrogens with one attached hydrogen (secondary N) is 1. The zero-order valence-electron chi connectivity index (χ0n) is 12.6. The SMILES string of the molecule is N=Cc1ncc(-c2cccc3c2-c2ccccc2C3(O)C(F)(F)F)o1. The number of aliphatic hydroxyl groups is 1. The average Bonchev–Trinajstić information content (AvgIpc) is 3.17. The van der Waals surface area contributed by atoms with Gasteiger partial charge >= 0.3 is 6.18 Å². The summed E-state index contributed by atoms with van der Waals surface area (Å²) >= 11 is 0. The molecule has 0 saturated carbocycles. The van der Waals surface area contributed by atoms with E-state index in [1.54, 1.807) is 12.1 Å². The van der Waals surface area contributed by atoms with Crippen LogP contribution in [0.15, 0.2) is 53.1 Å². The van der Waals surface area contributed by atoms with E-state index in [0.29, 0.717) is 11.1 Å². The molecular weight excluding hydrogens is 333 g/mol. The molecule has 4 nitrogen and oxygen atoms in total. The lowest BCUT2D eigenvalue weighted by Gasteiger charge is -2.28. The van der Waals surface area contributed by atoms with E-state index in [1.165, 1.54) is 36.5 Å². The molecule has 0 spiro atoms. The topological polar surface area (TPSA) is 70.1 Å². The highest BCUT2D eigenvalue weighted by Gasteiger charge is 2.61. The van der Waals surface area contributed by atoms with Crippen molar-refractivity contribution >= 4 is 6.21 Å². The van der Waals surface area contributed by atoms with Crippen LogP contribution in [0.4, 0.5) is 13.2 Å². The first-order chi connectivity index (χ1) is 11.9. The van der Waals surface area contributed by atoms with Gasteiger partial charge in [-0.05, 0) is 11.1 Å². The van der Waals surface area contributed by atoms with Gasteiger partial charge in [0.2, 0.25) is 11.5 Å². The second kappa shape index (κ2) is 5.03. The number of oxazole rings is 1. The number of halogens is 3. The zero-order chi connectivity index (χ0) is 17.8. The van der Waals surface area contributed by atoms with Crippen LogP contribution in [0.25, 0.3) is 22.5 Å². The van der Waals surface area contributed by atoms with Gasteiger partial charge in [0.1, 0.15) is 0 Å². The molecule has 1 aliphatic rings. The third-order valence-corrected chi connectivity index (χ3v) is 4.36. The van der Waals surface area contributed by atoms with Crippen molar-refractivity contribution in [2.45, 2.75) is 11.8 Å². The molecule has 0 bridgehead atoms. The molecule has 0 aliphatic heterocycles. The van der Waals surface area contributed by atoms with Gasteiger partial charge < -0.3 is 14.9 Å². The summed E-state index contributed by atoms with van der Waals surface area (Å²) < 4.78 is 46.7. The highest BCUT2D eigenvalue weighted by Crippen LogP contribution is 2.56. The molecule has 2 aromatic carbocycles. The molecule has 1 aliphatic carbocycles. The normalized spacial score (nSPS) is 18.7.